The molecule has 0 aromatic carbocycles. The SMILES string of the molecule is C=C(C)C(=O)OCCCCCCCCCCCCCCCCCCCCCCCC. The molecule has 0 heterocycles. The number of esters is 1. The van der Waals surface area contributed by atoms with Gasteiger partial charge in [0.05, 0.1) is 6.61 Å². The first-order valence-corrected chi connectivity index (χ1v) is 13.5. The van der Waals surface area contributed by atoms with Crippen molar-refractivity contribution in [3.63, 3.8) is 0 Å². The van der Waals surface area contributed by atoms with E-state index in [1.54, 1.807) is 6.92 Å². The Kier molecular flexibility index (Phi) is 23.8. The zero-order valence-corrected chi connectivity index (χ0v) is 20.8. The fraction of sp³-hybridized carbons (Fsp3) is 0.893. The summed E-state index contributed by atoms with van der Waals surface area (Å²) in [6.07, 6.45) is 30.6. The molecule has 0 bridgehead atoms. The van der Waals surface area contributed by atoms with Gasteiger partial charge >= 0.3 is 5.97 Å². The quantitative estimate of drug-likeness (QED) is 0.0878. The molecule has 0 saturated heterocycles. The molecule has 0 atom stereocenters. The molecule has 178 valence electrons. The van der Waals surface area contributed by atoms with Crippen LogP contribution in [0, 0.1) is 0 Å². The van der Waals surface area contributed by atoms with E-state index in [2.05, 4.69) is 13.5 Å². The van der Waals surface area contributed by atoms with Crippen molar-refractivity contribution in [1.82, 2.24) is 0 Å². The van der Waals surface area contributed by atoms with Gasteiger partial charge in [0.2, 0.25) is 0 Å². The minimum Gasteiger partial charge on any atom is -0.462 e. The van der Waals surface area contributed by atoms with Crippen LogP contribution in [0.2, 0.25) is 0 Å². The molecule has 0 aliphatic rings. The molecular weight excluding hydrogens is 368 g/mol. The summed E-state index contributed by atoms with van der Waals surface area (Å²) in [7, 11) is 0. The Morgan fingerprint density at radius 1 is 0.533 bits per heavy atom. The first-order valence-electron chi connectivity index (χ1n) is 13.5. The molecule has 0 aromatic rings. The number of carbonyl (C=O) groups is 1. The summed E-state index contributed by atoms with van der Waals surface area (Å²) in [6, 6.07) is 0. The molecular formula is C28H54O2. The molecule has 0 aromatic heterocycles. The maximum absolute atomic E-state index is 11.2. The largest absolute Gasteiger partial charge is 0.462 e. The highest BCUT2D eigenvalue weighted by Gasteiger charge is 2.01. The first-order chi connectivity index (χ1) is 14.7. The smallest absolute Gasteiger partial charge is 0.333 e. The van der Waals surface area contributed by atoms with Crippen LogP contribution >= 0.6 is 0 Å². The Bertz CT molecular complexity index is 375. The van der Waals surface area contributed by atoms with Gasteiger partial charge in [0.1, 0.15) is 0 Å². The molecule has 0 N–H and O–H groups in total. The molecule has 0 saturated carbocycles. The van der Waals surface area contributed by atoms with Gasteiger partial charge in [0.15, 0.2) is 0 Å². The molecule has 30 heavy (non-hydrogen) atoms. The molecule has 0 aliphatic heterocycles. The van der Waals surface area contributed by atoms with Gasteiger partial charge < -0.3 is 4.74 Å². The lowest BCUT2D eigenvalue weighted by Gasteiger charge is -2.05. The fourth-order valence-electron chi connectivity index (χ4n) is 4.00. The minimum atomic E-state index is -0.251. The van der Waals surface area contributed by atoms with Crippen LogP contribution in [0.5, 0.6) is 0 Å². The zero-order chi connectivity index (χ0) is 22.1. The Labute approximate surface area is 189 Å². The van der Waals surface area contributed by atoms with Crippen LogP contribution < -0.4 is 0 Å². The van der Waals surface area contributed by atoms with Crippen LogP contribution in [-0.4, -0.2) is 12.6 Å². The lowest BCUT2D eigenvalue weighted by Crippen LogP contribution is -2.05. The molecule has 0 fully saturated rings. The summed E-state index contributed by atoms with van der Waals surface area (Å²) >= 11 is 0. The van der Waals surface area contributed by atoms with Gasteiger partial charge in [0.25, 0.3) is 0 Å². The number of hydrogen-bond acceptors (Lipinski definition) is 2. The third-order valence-corrected chi connectivity index (χ3v) is 6.08. The van der Waals surface area contributed by atoms with Gasteiger partial charge in [-0.2, -0.15) is 0 Å². The summed E-state index contributed by atoms with van der Waals surface area (Å²) in [6.45, 7) is 8.12. The van der Waals surface area contributed by atoms with E-state index in [1.807, 2.05) is 0 Å². The molecule has 0 radical (unpaired) electrons. The van der Waals surface area contributed by atoms with Crippen molar-refractivity contribution in [2.75, 3.05) is 6.61 Å². The minimum absolute atomic E-state index is 0.251. The van der Waals surface area contributed by atoms with Gasteiger partial charge in [-0.1, -0.05) is 148 Å². The van der Waals surface area contributed by atoms with Crippen molar-refractivity contribution < 1.29 is 9.53 Å². The zero-order valence-electron chi connectivity index (χ0n) is 20.8. The lowest BCUT2D eigenvalue weighted by molar-refractivity contribution is -0.139. The van der Waals surface area contributed by atoms with E-state index in [-0.39, 0.29) is 5.97 Å². The lowest BCUT2D eigenvalue weighted by atomic mass is 10.0. The Morgan fingerprint density at radius 3 is 1.07 bits per heavy atom. The number of carbonyl (C=O) groups excluding carboxylic acids is 1. The highest BCUT2D eigenvalue weighted by Crippen LogP contribution is 2.15. The highest BCUT2D eigenvalue weighted by atomic mass is 16.5. The van der Waals surface area contributed by atoms with Crippen LogP contribution in [0.25, 0.3) is 0 Å². The second-order valence-electron chi connectivity index (χ2n) is 9.34. The van der Waals surface area contributed by atoms with Crippen LogP contribution in [0.3, 0.4) is 0 Å². The molecule has 0 rings (SSSR count). The van der Waals surface area contributed by atoms with E-state index in [4.69, 9.17) is 4.74 Å². The van der Waals surface area contributed by atoms with Gasteiger partial charge in [-0.05, 0) is 13.3 Å². The molecule has 0 unspecified atom stereocenters. The van der Waals surface area contributed by atoms with Crippen LogP contribution in [0.4, 0.5) is 0 Å². The Balaban J connectivity index is 3.05. The van der Waals surface area contributed by atoms with E-state index >= 15 is 0 Å². The van der Waals surface area contributed by atoms with E-state index in [0.29, 0.717) is 12.2 Å². The van der Waals surface area contributed by atoms with E-state index in [1.165, 1.54) is 135 Å². The predicted molar refractivity (Wildman–Crippen MR) is 133 cm³/mol. The van der Waals surface area contributed by atoms with Gasteiger partial charge in [-0.15, -0.1) is 0 Å². The van der Waals surface area contributed by atoms with Gasteiger partial charge in [-0.3, -0.25) is 0 Å². The maximum Gasteiger partial charge on any atom is 0.333 e. The topological polar surface area (TPSA) is 26.3 Å². The highest BCUT2D eigenvalue weighted by molar-refractivity contribution is 5.86. The molecule has 0 aliphatic carbocycles. The molecule has 2 heteroatoms. The maximum atomic E-state index is 11.2. The van der Waals surface area contributed by atoms with Crippen LogP contribution in [0.1, 0.15) is 155 Å². The third kappa shape index (κ3) is 23.5. The number of ether oxygens (including phenoxy) is 1. The van der Waals surface area contributed by atoms with Gasteiger partial charge in [-0.25, -0.2) is 4.79 Å². The molecule has 2 nitrogen and oxygen atoms in total. The standard InChI is InChI=1S/C28H54O2/c1-4-5-6-7-8-9-10-11-12-13-14-15-16-17-18-19-20-21-22-23-24-25-26-30-28(29)27(2)3/h2,4-26H2,1,3H3. The van der Waals surface area contributed by atoms with E-state index < -0.39 is 0 Å². The first kappa shape index (κ1) is 29.2. The summed E-state index contributed by atoms with van der Waals surface area (Å²) in [5.74, 6) is -0.251. The average Bonchev–Trinajstić information content (AvgIpc) is 2.74. The molecule has 0 amide bonds. The second kappa shape index (κ2) is 24.5. The van der Waals surface area contributed by atoms with Crippen molar-refractivity contribution in [2.24, 2.45) is 0 Å². The monoisotopic (exact) mass is 422 g/mol. The average molecular weight is 423 g/mol. The number of hydrogen-bond donors (Lipinski definition) is 0. The molecule has 0 spiro atoms. The Morgan fingerprint density at radius 2 is 0.800 bits per heavy atom. The van der Waals surface area contributed by atoms with Crippen molar-refractivity contribution in [1.29, 1.82) is 0 Å². The summed E-state index contributed by atoms with van der Waals surface area (Å²) < 4.78 is 5.11. The van der Waals surface area contributed by atoms with E-state index in [9.17, 15) is 4.79 Å². The second-order valence-corrected chi connectivity index (χ2v) is 9.34. The van der Waals surface area contributed by atoms with Crippen LogP contribution in [-0.2, 0) is 9.53 Å². The summed E-state index contributed by atoms with van der Waals surface area (Å²) in [5, 5.41) is 0. The van der Waals surface area contributed by atoms with Crippen molar-refractivity contribution in [2.45, 2.75) is 155 Å². The predicted octanol–water partition coefficient (Wildman–Crippen LogP) is 9.71. The van der Waals surface area contributed by atoms with Crippen LogP contribution in [0.15, 0.2) is 12.2 Å². The van der Waals surface area contributed by atoms with Gasteiger partial charge in [0, 0.05) is 5.57 Å². The summed E-state index contributed by atoms with van der Waals surface area (Å²) in [4.78, 5) is 11.2. The van der Waals surface area contributed by atoms with E-state index in [0.717, 1.165) is 6.42 Å². The number of rotatable bonds is 24. The Hall–Kier alpha value is -0.790. The summed E-state index contributed by atoms with van der Waals surface area (Å²) in [5.41, 5.74) is 0.494. The van der Waals surface area contributed by atoms with Crippen molar-refractivity contribution >= 4 is 5.97 Å². The number of unbranched alkanes of at least 4 members (excludes halogenated alkanes) is 21. The third-order valence-electron chi connectivity index (χ3n) is 6.08. The van der Waals surface area contributed by atoms with Crippen molar-refractivity contribution in [3.05, 3.63) is 12.2 Å². The normalized spacial score (nSPS) is 11.0. The fourth-order valence-corrected chi connectivity index (χ4v) is 4.00. The van der Waals surface area contributed by atoms with Crippen molar-refractivity contribution in [3.8, 4) is 0 Å².